The number of amides is 1. The minimum atomic E-state index is -3.65. The van der Waals surface area contributed by atoms with Crippen molar-refractivity contribution in [2.75, 3.05) is 13.7 Å². The fourth-order valence-electron chi connectivity index (χ4n) is 2.44. The highest BCUT2D eigenvalue weighted by atomic mass is 32.2. The molecule has 0 radical (unpaired) electrons. The molecule has 1 amide bonds. The molecule has 2 aromatic rings. The van der Waals surface area contributed by atoms with Crippen LogP contribution in [0.2, 0.25) is 0 Å². The van der Waals surface area contributed by atoms with Crippen molar-refractivity contribution in [1.29, 1.82) is 0 Å². The Balaban J connectivity index is 1.98. The molecule has 0 aliphatic carbocycles. The highest BCUT2D eigenvalue weighted by Crippen LogP contribution is 2.23. The molecule has 2 rings (SSSR count). The number of ether oxygens (including phenoxy) is 1. The van der Waals surface area contributed by atoms with Crippen LogP contribution in [0.3, 0.4) is 0 Å². The van der Waals surface area contributed by atoms with Gasteiger partial charge in [-0.3, -0.25) is 4.79 Å². The van der Waals surface area contributed by atoms with Gasteiger partial charge < -0.3 is 10.1 Å². The Morgan fingerprint density at radius 3 is 2.07 bits per heavy atom. The van der Waals surface area contributed by atoms with Crippen LogP contribution < -0.4 is 10.0 Å². The number of nitrogens with one attached hydrogen (secondary N) is 2. The predicted octanol–water partition coefficient (Wildman–Crippen LogP) is 2.37. The van der Waals surface area contributed by atoms with E-state index in [1.807, 2.05) is 12.1 Å². The molecule has 2 N–H and O–H groups in total. The number of rotatable bonds is 7. The maximum Gasteiger partial charge on any atom is 0.338 e. The number of benzene rings is 2. The molecule has 0 heterocycles. The third-order valence-corrected chi connectivity index (χ3v) is 5.72. The smallest absolute Gasteiger partial charge is 0.338 e. The Labute approximate surface area is 171 Å². The third kappa shape index (κ3) is 6.40. The van der Waals surface area contributed by atoms with Crippen LogP contribution in [-0.2, 0) is 31.5 Å². The summed E-state index contributed by atoms with van der Waals surface area (Å²) in [5.74, 6) is -1.03. The molecule has 0 atom stereocenters. The summed E-state index contributed by atoms with van der Waals surface area (Å²) in [6.45, 7) is 5.91. The van der Waals surface area contributed by atoms with Gasteiger partial charge in [-0.05, 0) is 40.8 Å². The fraction of sp³-hybridized carbons (Fsp3) is 0.333. The third-order valence-electron chi connectivity index (χ3n) is 4.30. The number of esters is 1. The van der Waals surface area contributed by atoms with E-state index in [2.05, 4.69) is 30.8 Å². The number of likely N-dealkylation sites (N-methyl/N-ethyl adjacent to an activating group) is 1. The summed E-state index contributed by atoms with van der Waals surface area (Å²) < 4.78 is 32.4. The second-order valence-electron chi connectivity index (χ2n) is 7.55. The van der Waals surface area contributed by atoms with E-state index >= 15 is 0 Å². The molecule has 156 valence electrons. The van der Waals surface area contributed by atoms with Gasteiger partial charge in [0, 0.05) is 13.6 Å². The molecule has 0 unspecified atom stereocenters. The van der Waals surface area contributed by atoms with Gasteiger partial charge in [0.05, 0.1) is 10.5 Å². The van der Waals surface area contributed by atoms with Crippen LogP contribution >= 0.6 is 0 Å². The lowest BCUT2D eigenvalue weighted by Gasteiger charge is -2.19. The van der Waals surface area contributed by atoms with E-state index in [4.69, 9.17) is 4.74 Å². The van der Waals surface area contributed by atoms with E-state index in [1.165, 1.54) is 19.2 Å². The largest absolute Gasteiger partial charge is 0.452 e. The summed E-state index contributed by atoms with van der Waals surface area (Å²) in [6, 6.07) is 13.1. The minimum absolute atomic E-state index is 0.0566. The van der Waals surface area contributed by atoms with Crippen LogP contribution in [0, 0.1) is 0 Å². The SMILES string of the molecule is CNC(=O)COC(=O)c1ccc(CNS(=O)(=O)c2ccc(C(C)(C)C)cc2)cc1. The Kier molecular flexibility index (Phi) is 7.16. The standard InChI is InChI=1S/C21H26N2O5S/c1-21(2,3)17-9-11-18(12-10-17)29(26,27)23-13-15-5-7-16(8-6-15)20(25)28-14-19(24)22-4/h5-12,23H,13-14H2,1-4H3,(H,22,24). The molecule has 7 nitrogen and oxygen atoms in total. The molecule has 2 aromatic carbocycles. The monoisotopic (exact) mass is 418 g/mol. The van der Waals surface area contributed by atoms with Crippen LogP contribution in [0.1, 0.15) is 42.3 Å². The molecular weight excluding hydrogens is 392 g/mol. The summed E-state index contributed by atoms with van der Waals surface area (Å²) in [5.41, 5.74) is 1.95. The van der Waals surface area contributed by atoms with Gasteiger partial charge in [-0.1, -0.05) is 45.0 Å². The Morgan fingerprint density at radius 2 is 1.55 bits per heavy atom. The molecule has 29 heavy (non-hydrogen) atoms. The van der Waals surface area contributed by atoms with Gasteiger partial charge in [0.2, 0.25) is 10.0 Å². The van der Waals surface area contributed by atoms with E-state index < -0.39 is 21.9 Å². The lowest BCUT2D eigenvalue weighted by Crippen LogP contribution is -2.25. The van der Waals surface area contributed by atoms with E-state index in [0.29, 0.717) is 5.56 Å². The number of hydrogen-bond donors (Lipinski definition) is 2. The number of sulfonamides is 1. The quantitative estimate of drug-likeness (QED) is 0.672. The first-order valence-electron chi connectivity index (χ1n) is 9.10. The van der Waals surface area contributed by atoms with E-state index in [0.717, 1.165) is 5.56 Å². The van der Waals surface area contributed by atoms with Crippen molar-refractivity contribution in [3.05, 3.63) is 65.2 Å². The highest BCUT2D eigenvalue weighted by Gasteiger charge is 2.17. The highest BCUT2D eigenvalue weighted by molar-refractivity contribution is 7.89. The molecule has 0 saturated carbocycles. The molecule has 0 aliphatic rings. The summed E-state index contributed by atoms with van der Waals surface area (Å²) in [6.07, 6.45) is 0. The average Bonchev–Trinajstić information content (AvgIpc) is 2.70. The van der Waals surface area contributed by atoms with Crippen molar-refractivity contribution in [3.63, 3.8) is 0 Å². The molecule has 0 spiro atoms. The van der Waals surface area contributed by atoms with Gasteiger partial charge in [-0.2, -0.15) is 0 Å². The van der Waals surface area contributed by atoms with Gasteiger partial charge in [0.15, 0.2) is 6.61 Å². The molecule has 0 saturated heterocycles. The van der Waals surface area contributed by atoms with Gasteiger partial charge in [0.1, 0.15) is 0 Å². The molecule has 0 aromatic heterocycles. The van der Waals surface area contributed by atoms with Crippen LogP contribution in [0.4, 0.5) is 0 Å². The molecule has 0 bridgehead atoms. The van der Waals surface area contributed by atoms with Gasteiger partial charge in [-0.15, -0.1) is 0 Å². The van der Waals surface area contributed by atoms with Crippen LogP contribution in [0.25, 0.3) is 0 Å². The molecular formula is C21H26N2O5S. The topological polar surface area (TPSA) is 102 Å². The maximum absolute atomic E-state index is 12.5. The zero-order valence-electron chi connectivity index (χ0n) is 17.0. The summed E-state index contributed by atoms with van der Waals surface area (Å²) in [5, 5.41) is 2.35. The molecule has 0 fully saturated rings. The van der Waals surface area contributed by atoms with E-state index in [-0.39, 0.29) is 29.0 Å². The minimum Gasteiger partial charge on any atom is -0.452 e. The Morgan fingerprint density at radius 1 is 0.966 bits per heavy atom. The number of carbonyl (C=O) groups excluding carboxylic acids is 2. The number of hydrogen-bond acceptors (Lipinski definition) is 5. The zero-order chi connectivity index (χ0) is 21.7. The average molecular weight is 419 g/mol. The predicted molar refractivity (Wildman–Crippen MR) is 110 cm³/mol. The summed E-state index contributed by atoms with van der Waals surface area (Å²) in [4.78, 5) is 23.2. The normalized spacial score (nSPS) is 11.7. The summed E-state index contributed by atoms with van der Waals surface area (Å²) in [7, 11) is -2.20. The second kappa shape index (κ2) is 9.19. The van der Waals surface area contributed by atoms with Crippen LogP contribution in [-0.4, -0.2) is 33.9 Å². The van der Waals surface area contributed by atoms with Gasteiger partial charge in [0.25, 0.3) is 5.91 Å². The Hall–Kier alpha value is -2.71. The van der Waals surface area contributed by atoms with Crippen molar-refractivity contribution in [1.82, 2.24) is 10.0 Å². The summed E-state index contributed by atoms with van der Waals surface area (Å²) >= 11 is 0. The van der Waals surface area contributed by atoms with Gasteiger partial charge in [-0.25, -0.2) is 17.9 Å². The Bertz CT molecular complexity index is 960. The lowest BCUT2D eigenvalue weighted by molar-refractivity contribution is -0.123. The van der Waals surface area contributed by atoms with Crippen LogP contribution in [0.15, 0.2) is 53.4 Å². The first-order valence-corrected chi connectivity index (χ1v) is 10.6. The first kappa shape index (κ1) is 22.6. The van der Waals surface area contributed by atoms with Crippen molar-refractivity contribution in [2.24, 2.45) is 0 Å². The van der Waals surface area contributed by atoms with Gasteiger partial charge >= 0.3 is 5.97 Å². The zero-order valence-corrected chi connectivity index (χ0v) is 17.8. The van der Waals surface area contributed by atoms with Crippen molar-refractivity contribution in [2.45, 2.75) is 37.6 Å². The van der Waals surface area contributed by atoms with Crippen molar-refractivity contribution in [3.8, 4) is 0 Å². The van der Waals surface area contributed by atoms with Crippen LogP contribution in [0.5, 0.6) is 0 Å². The first-order chi connectivity index (χ1) is 13.5. The fourth-order valence-corrected chi connectivity index (χ4v) is 3.46. The van der Waals surface area contributed by atoms with E-state index in [9.17, 15) is 18.0 Å². The van der Waals surface area contributed by atoms with Crippen molar-refractivity contribution < 1.29 is 22.7 Å². The molecule has 8 heteroatoms. The second-order valence-corrected chi connectivity index (χ2v) is 9.31. The van der Waals surface area contributed by atoms with E-state index in [1.54, 1.807) is 24.3 Å². The van der Waals surface area contributed by atoms with Crippen molar-refractivity contribution >= 4 is 21.9 Å². The molecule has 0 aliphatic heterocycles. The number of carbonyl (C=O) groups is 2. The maximum atomic E-state index is 12.5. The lowest BCUT2D eigenvalue weighted by atomic mass is 9.87.